The van der Waals surface area contributed by atoms with E-state index in [1.54, 1.807) is 16.7 Å². The summed E-state index contributed by atoms with van der Waals surface area (Å²) in [7, 11) is 0. The fourth-order valence-electron chi connectivity index (χ4n) is 3.38. The molecular formula is C21H28N3OS+. The van der Waals surface area contributed by atoms with Crippen LogP contribution in [0.5, 0.6) is 0 Å². The van der Waals surface area contributed by atoms with Crippen molar-refractivity contribution in [3.8, 4) is 0 Å². The van der Waals surface area contributed by atoms with Crippen LogP contribution in [0, 0.1) is 11.8 Å². The first-order chi connectivity index (χ1) is 12.4. The minimum Gasteiger partial charge on any atom is -0.335 e. The molecule has 2 aromatic heterocycles. The molecule has 1 aromatic carbocycles. The van der Waals surface area contributed by atoms with E-state index in [4.69, 9.17) is 0 Å². The van der Waals surface area contributed by atoms with Gasteiger partial charge in [0, 0.05) is 29.1 Å². The smallest absolute Gasteiger partial charge is 0.258 e. The fraction of sp³-hybridized carbons (Fsp3) is 0.429. The largest absolute Gasteiger partial charge is 0.335 e. The highest BCUT2D eigenvalue weighted by molar-refractivity contribution is 7.15. The van der Waals surface area contributed by atoms with Crippen molar-refractivity contribution in [2.24, 2.45) is 11.8 Å². The zero-order chi connectivity index (χ0) is 18.7. The van der Waals surface area contributed by atoms with E-state index >= 15 is 0 Å². The molecule has 0 amide bonds. The molecule has 0 fully saturated rings. The van der Waals surface area contributed by atoms with Gasteiger partial charge in [0.05, 0.1) is 0 Å². The normalized spacial score (nSPS) is 13.0. The maximum Gasteiger partial charge on any atom is 0.258 e. The molecule has 138 valence electrons. The van der Waals surface area contributed by atoms with Crippen LogP contribution in [0.1, 0.15) is 50.6 Å². The highest BCUT2D eigenvalue weighted by Gasteiger charge is 2.19. The van der Waals surface area contributed by atoms with Crippen LogP contribution in [0.15, 0.2) is 46.7 Å². The Morgan fingerprint density at radius 2 is 1.88 bits per heavy atom. The number of fused-ring (bicyclic) bond motifs is 1. The zero-order valence-electron chi connectivity index (χ0n) is 16.0. The van der Waals surface area contributed by atoms with Crippen molar-refractivity contribution in [1.82, 2.24) is 9.38 Å². The molecule has 0 aliphatic rings. The summed E-state index contributed by atoms with van der Waals surface area (Å²) in [6, 6.07) is 11.0. The monoisotopic (exact) mass is 370 g/mol. The first-order valence-electron chi connectivity index (χ1n) is 9.32. The Hall–Kier alpha value is -1.98. The molecule has 5 heteroatoms. The van der Waals surface area contributed by atoms with Gasteiger partial charge in [-0.15, -0.1) is 11.3 Å². The third-order valence-electron chi connectivity index (χ3n) is 4.66. The van der Waals surface area contributed by atoms with E-state index in [0.29, 0.717) is 24.4 Å². The summed E-state index contributed by atoms with van der Waals surface area (Å²) in [5, 5.41) is 4.20. The van der Waals surface area contributed by atoms with Gasteiger partial charge in [0.15, 0.2) is 4.96 Å². The lowest BCUT2D eigenvalue weighted by molar-refractivity contribution is -0.717. The predicted octanol–water partition coefficient (Wildman–Crippen LogP) is 3.42. The predicted molar refractivity (Wildman–Crippen MR) is 108 cm³/mol. The number of aromatic nitrogens is 2. The zero-order valence-corrected chi connectivity index (χ0v) is 16.8. The van der Waals surface area contributed by atoms with Crippen LogP contribution in [-0.2, 0) is 13.0 Å². The van der Waals surface area contributed by atoms with Crippen LogP contribution < -0.4 is 10.9 Å². The number of quaternary nitrogens is 1. The van der Waals surface area contributed by atoms with Crippen LogP contribution in [-0.4, -0.2) is 9.38 Å². The number of nitrogens with two attached hydrogens (primary N) is 1. The van der Waals surface area contributed by atoms with E-state index in [0.717, 1.165) is 17.1 Å². The Morgan fingerprint density at radius 3 is 2.54 bits per heavy atom. The maximum atomic E-state index is 12.2. The van der Waals surface area contributed by atoms with Crippen molar-refractivity contribution < 1.29 is 5.32 Å². The molecule has 2 heterocycles. The van der Waals surface area contributed by atoms with Crippen molar-refractivity contribution in [3.05, 3.63) is 69.1 Å². The lowest BCUT2D eigenvalue weighted by atomic mass is 9.93. The molecule has 0 saturated carbocycles. The highest BCUT2D eigenvalue weighted by atomic mass is 32.1. The molecule has 0 aliphatic heterocycles. The third-order valence-corrected chi connectivity index (χ3v) is 5.42. The fourth-order valence-corrected chi connectivity index (χ4v) is 4.12. The summed E-state index contributed by atoms with van der Waals surface area (Å²) in [5.74, 6) is 1.17. The number of rotatable bonds is 7. The molecule has 0 radical (unpaired) electrons. The summed E-state index contributed by atoms with van der Waals surface area (Å²) in [6.07, 6.45) is 2.89. The molecule has 4 nitrogen and oxygen atoms in total. The summed E-state index contributed by atoms with van der Waals surface area (Å²) in [6.45, 7) is 9.69. The van der Waals surface area contributed by atoms with Gasteiger partial charge in [-0.25, -0.2) is 4.98 Å². The van der Waals surface area contributed by atoms with E-state index in [-0.39, 0.29) is 5.56 Å². The molecular weight excluding hydrogens is 342 g/mol. The van der Waals surface area contributed by atoms with E-state index in [1.165, 1.54) is 22.5 Å². The Labute approximate surface area is 158 Å². The second kappa shape index (κ2) is 8.14. The van der Waals surface area contributed by atoms with Crippen molar-refractivity contribution in [3.63, 3.8) is 0 Å². The molecule has 0 bridgehead atoms. The van der Waals surface area contributed by atoms with E-state index in [1.807, 2.05) is 5.38 Å². The van der Waals surface area contributed by atoms with Gasteiger partial charge in [-0.3, -0.25) is 9.20 Å². The number of thiazole rings is 1. The SMILES string of the molecule is CC(C)Cc1ccc([C@H]([NH2+]Cc2cc(=O)n3ccsc3n2)C(C)C)cc1. The number of nitrogens with zero attached hydrogens (tertiary/aromatic N) is 2. The van der Waals surface area contributed by atoms with Gasteiger partial charge in [-0.05, 0) is 17.9 Å². The summed E-state index contributed by atoms with van der Waals surface area (Å²) < 4.78 is 1.60. The average molecular weight is 371 g/mol. The number of benzene rings is 1. The molecule has 0 spiro atoms. The first-order valence-corrected chi connectivity index (χ1v) is 10.2. The van der Waals surface area contributed by atoms with Crippen LogP contribution >= 0.6 is 11.3 Å². The van der Waals surface area contributed by atoms with Crippen molar-refractivity contribution >= 4 is 16.3 Å². The molecule has 3 rings (SSSR count). The van der Waals surface area contributed by atoms with Crippen LogP contribution in [0.25, 0.3) is 4.96 Å². The van der Waals surface area contributed by atoms with E-state index in [2.05, 4.69) is 62.3 Å². The van der Waals surface area contributed by atoms with Gasteiger partial charge in [0.2, 0.25) is 0 Å². The standard InChI is InChI=1S/C21H27N3OS/c1-14(2)11-16-5-7-17(8-6-16)20(15(3)4)22-13-18-12-19(25)24-9-10-26-21(24)23-18/h5-10,12,14-15,20,22H,11,13H2,1-4H3/p+1/t20-/m1/s1. The van der Waals surface area contributed by atoms with Gasteiger partial charge in [0.25, 0.3) is 5.56 Å². The number of hydrogen-bond donors (Lipinski definition) is 1. The van der Waals surface area contributed by atoms with E-state index < -0.39 is 0 Å². The van der Waals surface area contributed by atoms with Gasteiger partial charge in [0.1, 0.15) is 18.3 Å². The van der Waals surface area contributed by atoms with Crippen LogP contribution in [0.4, 0.5) is 0 Å². The highest BCUT2D eigenvalue weighted by Crippen LogP contribution is 2.19. The van der Waals surface area contributed by atoms with E-state index in [9.17, 15) is 4.79 Å². The van der Waals surface area contributed by atoms with Gasteiger partial charge in [-0.1, -0.05) is 52.0 Å². The van der Waals surface area contributed by atoms with Crippen LogP contribution in [0.2, 0.25) is 0 Å². The average Bonchev–Trinajstić information content (AvgIpc) is 3.05. The lowest BCUT2D eigenvalue weighted by Crippen LogP contribution is -2.84. The second-order valence-electron chi connectivity index (χ2n) is 7.69. The topological polar surface area (TPSA) is 51.0 Å². The Bertz CT molecular complexity index is 909. The van der Waals surface area contributed by atoms with Crippen molar-refractivity contribution in [1.29, 1.82) is 0 Å². The van der Waals surface area contributed by atoms with Crippen molar-refractivity contribution in [2.75, 3.05) is 0 Å². The molecule has 3 aromatic rings. The Morgan fingerprint density at radius 1 is 1.15 bits per heavy atom. The van der Waals surface area contributed by atoms with Crippen molar-refractivity contribution in [2.45, 2.75) is 46.7 Å². The summed E-state index contributed by atoms with van der Waals surface area (Å²) in [5.41, 5.74) is 3.57. The third kappa shape index (κ3) is 4.40. The molecule has 1 atom stereocenters. The van der Waals surface area contributed by atoms with Gasteiger partial charge < -0.3 is 5.32 Å². The number of hydrogen-bond acceptors (Lipinski definition) is 3. The Kier molecular flexibility index (Phi) is 5.89. The van der Waals surface area contributed by atoms with Gasteiger partial charge in [-0.2, -0.15) is 0 Å². The molecule has 26 heavy (non-hydrogen) atoms. The molecule has 0 aliphatic carbocycles. The molecule has 2 N–H and O–H groups in total. The molecule has 0 unspecified atom stereocenters. The molecule has 0 saturated heterocycles. The minimum absolute atomic E-state index is 0.00112. The van der Waals surface area contributed by atoms with Gasteiger partial charge >= 0.3 is 0 Å². The lowest BCUT2D eigenvalue weighted by Gasteiger charge is -2.20. The first kappa shape index (κ1) is 18.8. The quantitative estimate of drug-likeness (QED) is 0.693. The Balaban J connectivity index is 1.74. The second-order valence-corrected chi connectivity index (χ2v) is 8.56. The summed E-state index contributed by atoms with van der Waals surface area (Å²) in [4.78, 5) is 17.5. The van der Waals surface area contributed by atoms with Crippen LogP contribution in [0.3, 0.4) is 0 Å². The minimum atomic E-state index is -0.00112. The maximum absolute atomic E-state index is 12.2. The summed E-state index contributed by atoms with van der Waals surface area (Å²) >= 11 is 1.50.